The molecule has 3 nitrogen and oxygen atoms in total. The third kappa shape index (κ3) is 4.46. The number of hydrogen-bond donors (Lipinski definition) is 1. The number of unbranched alkanes of at least 4 members (excludes halogenated alkanes) is 1. The molecule has 1 heterocycles. The lowest BCUT2D eigenvalue weighted by molar-refractivity contribution is -0.115. The predicted molar refractivity (Wildman–Crippen MR) is 85.9 cm³/mol. The number of carbonyl (C=O) groups excluding carboxylic acids is 1. The maximum atomic E-state index is 13.1. The summed E-state index contributed by atoms with van der Waals surface area (Å²) in [5.74, 6) is -0.113. The highest BCUT2D eigenvalue weighted by atomic mass is 35.5. The molecule has 0 unspecified atom stereocenters. The molecule has 0 fully saturated rings. The fourth-order valence-electron chi connectivity index (χ4n) is 1.93. The highest BCUT2D eigenvalue weighted by molar-refractivity contribution is 6.29. The summed E-state index contributed by atoms with van der Waals surface area (Å²) in [5, 5.41) is 3.09. The SMILES string of the molecule is CCCCNC(=O)/C(=C\c1ccc(Cl)o1)c1ccc(F)cc1. The van der Waals surface area contributed by atoms with Crippen LogP contribution in [0.1, 0.15) is 31.1 Å². The van der Waals surface area contributed by atoms with Crippen LogP contribution in [0.4, 0.5) is 4.39 Å². The van der Waals surface area contributed by atoms with E-state index in [0.717, 1.165) is 12.8 Å². The molecule has 116 valence electrons. The molecule has 0 aliphatic carbocycles. The standard InChI is InChI=1S/C17H17ClFNO2/c1-2-3-10-20-17(21)15(11-14-8-9-16(18)22-14)12-4-6-13(19)7-5-12/h4-9,11H,2-3,10H2,1H3,(H,20,21)/b15-11-. The van der Waals surface area contributed by atoms with E-state index in [2.05, 4.69) is 5.32 Å². The first-order valence-electron chi connectivity index (χ1n) is 7.11. The Hall–Kier alpha value is -2.07. The first kappa shape index (κ1) is 16.3. The normalized spacial score (nSPS) is 11.5. The van der Waals surface area contributed by atoms with Crippen molar-refractivity contribution in [1.82, 2.24) is 5.32 Å². The molecule has 1 N–H and O–H groups in total. The maximum absolute atomic E-state index is 13.1. The van der Waals surface area contributed by atoms with Gasteiger partial charge in [0.2, 0.25) is 0 Å². The monoisotopic (exact) mass is 321 g/mol. The Morgan fingerprint density at radius 1 is 1.27 bits per heavy atom. The van der Waals surface area contributed by atoms with Gasteiger partial charge in [-0.05, 0) is 53.9 Å². The molecule has 1 aromatic heterocycles. The van der Waals surface area contributed by atoms with Crippen LogP contribution in [0.2, 0.25) is 5.22 Å². The van der Waals surface area contributed by atoms with Gasteiger partial charge in [-0.15, -0.1) is 0 Å². The van der Waals surface area contributed by atoms with Gasteiger partial charge >= 0.3 is 0 Å². The third-order valence-electron chi connectivity index (χ3n) is 3.10. The van der Waals surface area contributed by atoms with Crippen LogP contribution in [-0.2, 0) is 4.79 Å². The summed E-state index contributed by atoms with van der Waals surface area (Å²) in [4.78, 5) is 12.4. The van der Waals surface area contributed by atoms with Crippen molar-refractivity contribution >= 4 is 29.2 Å². The molecular weight excluding hydrogens is 305 g/mol. The van der Waals surface area contributed by atoms with Crippen LogP contribution in [0.15, 0.2) is 40.8 Å². The number of benzene rings is 1. The van der Waals surface area contributed by atoms with Crippen LogP contribution in [-0.4, -0.2) is 12.5 Å². The molecule has 0 bridgehead atoms. The van der Waals surface area contributed by atoms with Crippen LogP contribution in [0.5, 0.6) is 0 Å². The van der Waals surface area contributed by atoms with Crippen molar-refractivity contribution in [3.63, 3.8) is 0 Å². The van der Waals surface area contributed by atoms with E-state index < -0.39 is 0 Å². The summed E-state index contributed by atoms with van der Waals surface area (Å²) in [7, 11) is 0. The number of carbonyl (C=O) groups is 1. The Kier molecular flexibility index (Phi) is 5.78. The number of amides is 1. The molecule has 0 radical (unpaired) electrons. The van der Waals surface area contributed by atoms with Gasteiger partial charge in [0.15, 0.2) is 5.22 Å². The highest BCUT2D eigenvalue weighted by Gasteiger charge is 2.13. The molecule has 0 spiro atoms. The molecule has 1 aromatic carbocycles. The van der Waals surface area contributed by atoms with Crippen LogP contribution >= 0.6 is 11.6 Å². The van der Waals surface area contributed by atoms with Gasteiger partial charge in [0.05, 0.1) is 5.57 Å². The van der Waals surface area contributed by atoms with Gasteiger partial charge in [-0.1, -0.05) is 25.5 Å². The summed E-state index contributed by atoms with van der Waals surface area (Å²) < 4.78 is 18.3. The molecule has 0 saturated carbocycles. The van der Waals surface area contributed by atoms with E-state index in [1.54, 1.807) is 30.3 Å². The van der Waals surface area contributed by atoms with Gasteiger partial charge in [0.1, 0.15) is 11.6 Å². The van der Waals surface area contributed by atoms with E-state index in [-0.39, 0.29) is 16.9 Å². The lowest BCUT2D eigenvalue weighted by atomic mass is 10.0. The zero-order valence-electron chi connectivity index (χ0n) is 12.2. The average molecular weight is 322 g/mol. The number of hydrogen-bond acceptors (Lipinski definition) is 2. The van der Waals surface area contributed by atoms with Gasteiger partial charge < -0.3 is 9.73 Å². The summed E-state index contributed by atoms with van der Waals surface area (Å²) in [6.07, 6.45) is 3.49. The van der Waals surface area contributed by atoms with Crippen molar-refractivity contribution < 1.29 is 13.6 Å². The van der Waals surface area contributed by atoms with Gasteiger partial charge in [-0.3, -0.25) is 4.79 Å². The largest absolute Gasteiger partial charge is 0.445 e. The highest BCUT2D eigenvalue weighted by Crippen LogP contribution is 2.22. The molecule has 2 rings (SSSR count). The Morgan fingerprint density at radius 3 is 2.59 bits per heavy atom. The van der Waals surface area contributed by atoms with Gasteiger partial charge in [0, 0.05) is 6.54 Å². The summed E-state index contributed by atoms with van der Waals surface area (Å²) in [6, 6.07) is 9.03. The van der Waals surface area contributed by atoms with Crippen LogP contribution in [0.25, 0.3) is 11.6 Å². The molecule has 5 heteroatoms. The first-order valence-corrected chi connectivity index (χ1v) is 7.49. The van der Waals surface area contributed by atoms with Crippen molar-refractivity contribution in [1.29, 1.82) is 0 Å². The van der Waals surface area contributed by atoms with E-state index in [9.17, 15) is 9.18 Å². The van der Waals surface area contributed by atoms with Crippen LogP contribution in [0.3, 0.4) is 0 Å². The predicted octanol–water partition coefficient (Wildman–Crippen LogP) is 4.53. The van der Waals surface area contributed by atoms with E-state index >= 15 is 0 Å². The molecule has 0 saturated heterocycles. The second-order valence-corrected chi connectivity index (χ2v) is 5.19. The second kappa shape index (κ2) is 7.80. The summed E-state index contributed by atoms with van der Waals surface area (Å²) >= 11 is 5.75. The fourth-order valence-corrected chi connectivity index (χ4v) is 2.08. The van der Waals surface area contributed by atoms with Crippen molar-refractivity contribution in [2.75, 3.05) is 6.54 Å². The van der Waals surface area contributed by atoms with Crippen LogP contribution < -0.4 is 5.32 Å². The summed E-state index contributed by atoms with van der Waals surface area (Å²) in [5.41, 5.74) is 1.02. The molecular formula is C17H17ClFNO2. The maximum Gasteiger partial charge on any atom is 0.252 e. The molecule has 22 heavy (non-hydrogen) atoms. The number of furan rings is 1. The zero-order chi connectivity index (χ0) is 15.9. The first-order chi connectivity index (χ1) is 10.6. The van der Waals surface area contributed by atoms with E-state index in [4.69, 9.17) is 16.0 Å². The van der Waals surface area contributed by atoms with Gasteiger partial charge in [-0.2, -0.15) is 0 Å². The minimum atomic E-state index is -0.351. The number of rotatable bonds is 6. The lowest BCUT2D eigenvalue weighted by Gasteiger charge is -2.09. The van der Waals surface area contributed by atoms with Crippen molar-refractivity contribution in [3.05, 3.63) is 58.8 Å². The lowest BCUT2D eigenvalue weighted by Crippen LogP contribution is -2.25. The van der Waals surface area contributed by atoms with Crippen LogP contribution in [0, 0.1) is 5.82 Å². The quantitative estimate of drug-likeness (QED) is 0.627. The number of nitrogens with one attached hydrogen (secondary N) is 1. The van der Waals surface area contributed by atoms with E-state index in [1.807, 2.05) is 6.92 Å². The van der Waals surface area contributed by atoms with Crippen molar-refractivity contribution in [2.24, 2.45) is 0 Å². The van der Waals surface area contributed by atoms with Gasteiger partial charge in [-0.25, -0.2) is 4.39 Å². The third-order valence-corrected chi connectivity index (χ3v) is 3.30. The topological polar surface area (TPSA) is 42.2 Å². The molecule has 0 atom stereocenters. The molecule has 1 amide bonds. The number of halogens is 2. The van der Waals surface area contributed by atoms with E-state index in [1.165, 1.54) is 12.1 Å². The minimum absolute atomic E-state index is 0.229. The smallest absolute Gasteiger partial charge is 0.252 e. The fraction of sp³-hybridized carbons (Fsp3) is 0.235. The molecule has 0 aliphatic rings. The zero-order valence-corrected chi connectivity index (χ0v) is 13.0. The molecule has 2 aromatic rings. The average Bonchev–Trinajstić information content (AvgIpc) is 2.91. The Morgan fingerprint density at radius 2 is 2.00 bits per heavy atom. The Labute approximate surface area is 133 Å². The van der Waals surface area contributed by atoms with Gasteiger partial charge in [0.25, 0.3) is 5.91 Å². The Balaban J connectivity index is 2.29. The van der Waals surface area contributed by atoms with E-state index in [0.29, 0.717) is 23.4 Å². The van der Waals surface area contributed by atoms with Crippen molar-refractivity contribution in [3.8, 4) is 0 Å². The Bertz CT molecular complexity index is 662. The molecule has 0 aliphatic heterocycles. The summed E-state index contributed by atoms with van der Waals surface area (Å²) in [6.45, 7) is 2.64. The minimum Gasteiger partial charge on any atom is -0.445 e. The second-order valence-electron chi connectivity index (χ2n) is 4.82. The van der Waals surface area contributed by atoms with Crippen molar-refractivity contribution in [2.45, 2.75) is 19.8 Å².